The number of carbonyl (C=O) groups is 2. The smallest absolute Gasteiger partial charge is 0.242 e. The fourth-order valence-corrected chi connectivity index (χ4v) is 4.83. The molecule has 0 radical (unpaired) electrons. The molecule has 2 aromatic rings. The molecule has 0 bridgehead atoms. The van der Waals surface area contributed by atoms with Gasteiger partial charge < -0.3 is 14.5 Å². The third-order valence-electron chi connectivity index (χ3n) is 5.37. The van der Waals surface area contributed by atoms with Crippen LogP contribution in [-0.4, -0.2) is 47.9 Å². The zero-order valence-electron chi connectivity index (χ0n) is 18.6. The summed E-state index contributed by atoms with van der Waals surface area (Å²) in [7, 11) is 0. The number of nitrogens with zero attached hydrogens (tertiary/aromatic N) is 2. The summed E-state index contributed by atoms with van der Waals surface area (Å²) in [6, 6.07) is 7.99. The summed E-state index contributed by atoms with van der Waals surface area (Å²) in [5.41, 5.74) is 1.05. The molecular formula is C24H31FN2O3S. The van der Waals surface area contributed by atoms with Gasteiger partial charge >= 0.3 is 0 Å². The predicted octanol–water partition coefficient (Wildman–Crippen LogP) is 4.53. The average Bonchev–Trinajstić information content (AvgIpc) is 3.20. The number of rotatable bonds is 8. The van der Waals surface area contributed by atoms with Crippen molar-refractivity contribution in [3.8, 4) is 5.75 Å². The highest BCUT2D eigenvalue weighted by atomic mass is 32.1. The minimum atomic E-state index is -0.424. The number of fused-ring (bicyclic) bond motifs is 1. The molecule has 31 heavy (non-hydrogen) atoms. The fourth-order valence-electron chi connectivity index (χ4n) is 3.90. The van der Waals surface area contributed by atoms with E-state index >= 15 is 0 Å². The molecule has 2 heterocycles. The summed E-state index contributed by atoms with van der Waals surface area (Å²) in [6.45, 7) is 9.08. The van der Waals surface area contributed by atoms with Crippen molar-refractivity contribution < 1.29 is 18.7 Å². The molecule has 168 valence electrons. The molecule has 1 unspecified atom stereocenters. The molecule has 1 aliphatic rings. The zero-order valence-corrected chi connectivity index (χ0v) is 19.5. The van der Waals surface area contributed by atoms with E-state index in [2.05, 4.69) is 0 Å². The number of carbonyl (C=O) groups excluding carboxylic acids is 2. The molecular weight excluding hydrogens is 415 g/mol. The average molecular weight is 447 g/mol. The molecule has 2 amide bonds. The Morgan fingerprint density at radius 1 is 1.23 bits per heavy atom. The normalized spacial score (nSPS) is 15.8. The number of hydrogen-bond donors (Lipinski definition) is 0. The Balaban J connectivity index is 1.79. The molecule has 1 aromatic carbocycles. The quantitative estimate of drug-likeness (QED) is 0.599. The van der Waals surface area contributed by atoms with E-state index in [9.17, 15) is 14.0 Å². The van der Waals surface area contributed by atoms with Crippen LogP contribution in [0.5, 0.6) is 5.75 Å². The molecule has 0 spiro atoms. The molecule has 0 fully saturated rings. The van der Waals surface area contributed by atoms with Crippen LogP contribution in [0, 0.1) is 17.7 Å². The molecule has 0 N–H and O–H groups in total. The van der Waals surface area contributed by atoms with Crippen LogP contribution < -0.4 is 4.74 Å². The van der Waals surface area contributed by atoms with Crippen LogP contribution in [0.2, 0.25) is 0 Å². The Bertz CT molecular complexity index is 912. The number of amides is 2. The fraction of sp³-hybridized carbons (Fsp3) is 0.500. The molecule has 0 saturated heterocycles. The van der Waals surface area contributed by atoms with E-state index in [1.165, 1.54) is 10.9 Å². The van der Waals surface area contributed by atoms with E-state index in [1.54, 1.807) is 39.3 Å². The van der Waals surface area contributed by atoms with Gasteiger partial charge in [-0.15, -0.1) is 11.3 Å². The third-order valence-corrected chi connectivity index (χ3v) is 6.36. The molecule has 1 aromatic heterocycles. The highest BCUT2D eigenvalue weighted by Crippen LogP contribution is 2.34. The van der Waals surface area contributed by atoms with Crippen LogP contribution >= 0.6 is 11.3 Å². The SMILES string of the molecule is CC(C)CN(CC(=O)N1CCc2sccc2C1COc1ccccc1F)C(=O)C(C)C. The lowest BCUT2D eigenvalue weighted by atomic mass is 10.00. The summed E-state index contributed by atoms with van der Waals surface area (Å²) in [5.74, 6) is -0.277. The third kappa shape index (κ3) is 5.64. The van der Waals surface area contributed by atoms with Gasteiger partial charge in [0.1, 0.15) is 6.61 Å². The van der Waals surface area contributed by atoms with Gasteiger partial charge in [-0.2, -0.15) is 0 Å². The molecule has 3 rings (SSSR count). The van der Waals surface area contributed by atoms with E-state index in [1.807, 2.05) is 39.1 Å². The van der Waals surface area contributed by atoms with Crippen molar-refractivity contribution >= 4 is 23.2 Å². The Kier molecular flexibility index (Phi) is 7.70. The lowest BCUT2D eigenvalue weighted by Crippen LogP contribution is -2.49. The van der Waals surface area contributed by atoms with Gasteiger partial charge in [-0.3, -0.25) is 9.59 Å². The molecule has 7 heteroatoms. The van der Waals surface area contributed by atoms with Crippen LogP contribution in [0.4, 0.5) is 4.39 Å². The van der Waals surface area contributed by atoms with Gasteiger partial charge in [0.25, 0.3) is 0 Å². The van der Waals surface area contributed by atoms with E-state index in [0.717, 1.165) is 12.0 Å². The Labute approximate surface area is 187 Å². The first-order valence-electron chi connectivity index (χ1n) is 10.8. The van der Waals surface area contributed by atoms with E-state index in [0.29, 0.717) is 13.1 Å². The second-order valence-electron chi connectivity index (χ2n) is 8.66. The van der Waals surface area contributed by atoms with Crippen LogP contribution in [0.1, 0.15) is 44.2 Å². The number of para-hydroxylation sites is 1. The van der Waals surface area contributed by atoms with Crippen LogP contribution in [0.15, 0.2) is 35.7 Å². The highest BCUT2D eigenvalue weighted by Gasteiger charge is 2.34. The topological polar surface area (TPSA) is 49.9 Å². The van der Waals surface area contributed by atoms with Gasteiger partial charge in [0.2, 0.25) is 11.8 Å². The Morgan fingerprint density at radius 3 is 2.65 bits per heavy atom. The van der Waals surface area contributed by atoms with Gasteiger partial charge in [0.05, 0.1) is 12.6 Å². The summed E-state index contributed by atoms with van der Waals surface area (Å²) in [5, 5.41) is 2.02. The van der Waals surface area contributed by atoms with E-state index in [4.69, 9.17) is 4.74 Å². The largest absolute Gasteiger partial charge is 0.488 e. The van der Waals surface area contributed by atoms with E-state index < -0.39 is 5.82 Å². The molecule has 0 aliphatic carbocycles. The lowest BCUT2D eigenvalue weighted by Gasteiger charge is -2.37. The second-order valence-corrected chi connectivity index (χ2v) is 9.66. The predicted molar refractivity (Wildman–Crippen MR) is 121 cm³/mol. The number of thiophene rings is 1. The molecule has 5 nitrogen and oxygen atoms in total. The summed E-state index contributed by atoms with van der Waals surface area (Å²) in [4.78, 5) is 30.7. The maximum Gasteiger partial charge on any atom is 0.242 e. The monoisotopic (exact) mass is 446 g/mol. The molecule has 1 atom stereocenters. The first-order valence-corrected chi connectivity index (χ1v) is 11.7. The van der Waals surface area contributed by atoms with Crippen molar-refractivity contribution in [3.63, 3.8) is 0 Å². The molecule has 1 aliphatic heterocycles. The van der Waals surface area contributed by atoms with Crippen molar-refractivity contribution in [2.75, 3.05) is 26.2 Å². The first-order chi connectivity index (χ1) is 14.8. The maximum absolute atomic E-state index is 14.0. The lowest BCUT2D eigenvalue weighted by molar-refractivity contribution is -0.144. The van der Waals surface area contributed by atoms with Crippen molar-refractivity contribution in [1.82, 2.24) is 9.80 Å². The van der Waals surface area contributed by atoms with Crippen LogP contribution in [-0.2, 0) is 16.0 Å². The first kappa shape index (κ1) is 23.3. The second kappa shape index (κ2) is 10.3. The number of halogens is 1. The van der Waals surface area contributed by atoms with Gasteiger partial charge in [0.15, 0.2) is 11.6 Å². The standard InChI is InChI=1S/C24H31FN2O3S/c1-16(2)13-26(24(29)17(3)4)14-23(28)27-11-9-22-18(10-12-31-22)20(27)15-30-21-8-6-5-7-19(21)25/h5-8,10,12,16-17,20H,9,11,13-15H2,1-4H3. The maximum atomic E-state index is 14.0. The van der Waals surface area contributed by atoms with Gasteiger partial charge in [-0.25, -0.2) is 4.39 Å². The zero-order chi connectivity index (χ0) is 22.5. The van der Waals surface area contributed by atoms with Crippen molar-refractivity contribution in [2.24, 2.45) is 11.8 Å². The van der Waals surface area contributed by atoms with Crippen LogP contribution in [0.25, 0.3) is 0 Å². The van der Waals surface area contributed by atoms with E-state index in [-0.39, 0.29) is 48.6 Å². The number of hydrogen-bond acceptors (Lipinski definition) is 4. The van der Waals surface area contributed by atoms with Crippen molar-refractivity contribution in [1.29, 1.82) is 0 Å². The number of ether oxygens (including phenoxy) is 1. The van der Waals surface area contributed by atoms with Gasteiger partial charge in [-0.1, -0.05) is 39.8 Å². The van der Waals surface area contributed by atoms with Crippen LogP contribution in [0.3, 0.4) is 0 Å². The summed E-state index contributed by atoms with van der Waals surface area (Å²) >= 11 is 1.67. The van der Waals surface area contributed by atoms with Gasteiger partial charge in [-0.05, 0) is 41.5 Å². The minimum Gasteiger partial charge on any atom is -0.488 e. The number of benzene rings is 1. The van der Waals surface area contributed by atoms with Crippen molar-refractivity contribution in [3.05, 3.63) is 52.0 Å². The Morgan fingerprint density at radius 2 is 1.97 bits per heavy atom. The molecule has 0 saturated carbocycles. The summed E-state index contributed by atoms with van der Waals surface area (Å²) < 4.78 is 19.8. The summed E-state index contributed by atoms with van der Waals surface area (Å²) in [6.07, 6.45) is 0.775. The minimum absolute atomic E-state index is 0.0190. The van der Waals surface area contributed by atoms with Gasteiger partial charge in [0, 0.05) is 23.9 Å². The Hall–Kier alpha value is -2.41. The van der Waals surface area contributed by atoms with Crippen molar-refractivity contribution in [2.45, 2.75) is 40.2 Å². The highest BCUT2D eigenvalue weighted by molar-refractivity contribution is 7.10.